The van der Waals surface area contributed by atoms with Crippen molar-refractivity contribution in [1.29, 1.82) is 0 Å². The Balaban J connectivity index is 1.59. The lowest BCUT2D eigenvalue weighted by molar-refractivity contribution is 0.529. The average molecular weight is 1130 g/mol. The minimum atomic E-state index is -1.62. The summed E-state index contributed by atoms with van der Waals surface area (Å²) in [6.07, 6.45) is 0. The molecule has 4 aromatic carbocycles. The number of rotatable bonds is 8. The van der Waals surface area contributed by atoms with E-state index in [2.05, 4.69) is 83.7 Å². The van der Waals surface area contributed by atoms with E-state index in [4.69, 9.17) is 0 Å². The summed E-state index contributed by atoms with van der Waals surface area (Å²) in [5, 5.41) is 1.54. The van der Waals surface area contributed by atoms with E-state index in [0.717, 1.165) is 22.3 Å². The van der Waals surface area contributed by atoms with Gasteiger partial charge in [-0.25, -0.2) is 45.1 Å². The van der Waals surface area contributed by atoms with Crippen LogP contribution in [0.25, 0.3) is 89.9 Å². The number of nitrogens with one attached hydrogen (secondary N) is 2. The molecule has 2 aliphatic heterocycles. The fourth-order valence-corrected chi connectivity index (χ4v) is 9.23. The van der Waals surface area contributed by atoms with Crippen LogP contribution in [0, 0.1) is 23.3 Å². The van der Waals surface area contributed by atoms with Crippen LogP contribution >= 0.6 is 63.7 Å². The number of halogens is 12. The molecule has 0 unspecified atom stereocenters. The Morgan fingerprint density at radius 3 is 0.672 bits per heavy atom. The topological polar surface area (TPSA) is 57.4 Å². The van der Waals surface area contributed by atoms with Crippen LogP contribution in [0.1, 0.15) is 45.0 Å². The highest BCUT2D eigenvalue weighted by Crippen LogP contribution is 2.48. The molecule has 7 aromatic rings. The van der Waals surface area contributed by atoms with E-state index in [1.807, 2.05) is 0 Å². The van der Waals surface area contributed by atoms with Gasteiger partial charge in [0.1, 0.15) is 22.8 Å². The predicted octanol–water partition coefficient (Wildman–Crippen LogP) is 16.6. The molecule has 9 rings (SSSR count). The van der Waals surface area contributed by atoms with E-state index >= 15 is 35.1 Å². The van der Waals surface area contributed by atoms with E-state index < -0.39 is 114 Å². The second-order valence-corrected chi connectivity index (χ2v) is 16.9. The Morgan fingerprint density at radius 2 is 0.500 bits per heavy atom. The second-order valence-electron chi connectivity index (χ2n) is 14.7. The molecule has 5 heterocycles. The molecule has 0 aliphatic carbocycles. The van der Waals surface area contributed by atoms with E-state index in [9.17, 15) is 0 Å². The number of nitrogens with zero attached hydrogens (tertiary/aromatic N) is 2. The molecule has 322 valence electrons. The van der Waals surface area contributed by atoms with E-state index in [1.54, 1.807) is 48.5 Å². The normalized spacial score (nSPS) is 12.8. The highest BCUT2D eigenvalue weighted by atomic mass is 79.9. The Hall–Kier alpha value is -5.16. The van der Waals surface area contributed by atoms with Gasteiger partial charge in [0.25, 0.3) is 0 Å². The molecule has 2 aliphatic rings. The van der Waals surface area contributed by atoms with Gasteiger partial charge in [-0.1, -0.05) is 161 Å². The molecule has 4 nitrogen and oxygen atoms in total. The Morgan fingerprint density at radius 1 is 0.312 bits per heavy atom. The maximum Gasteiger partial charge on any atom is 0.187 e. The summed E-state index contributed by atoms with van der Waals surface area (Å²) in [6.45, 7) is 0. The molecular weight excluding hydrogens is 1100 g/mol. The van der Waals surface area contributed by atoms with Crippen LogP contribution in [0.4, 0.5) is 35.1 Å². The second kappa shape index (κ2) is 17.7. The lowest BCUT2D eigenvalue weighted by Crippen LogP contribution is -1.92. The molecule has 16 heteroatoms. The number of hydrogen-bond acceptors (Lipinski definition) is 2. The number of H-pyrrole nitrogens is 2. The van der Waals surface area contributed by atoms with Crippen molar-refractivity contribution in [3.8, 4) is 44.5 Å². The summed E-state index contributed by atoms with van der Waals surface area (Å²) in [4.78, 5) is 14.0. The van der Waals surface area contributed by atoms with Gasteiger partial charge in [0.05, 0.1) is 22.1 Å². The number of alkyl halides is 4. The third kappa shape index (κ3) is 7.39. The highest BCUT2D eigenvalue weighted by Gasteiger charge is 2.34. The maximum atomic E-state index is 16.9. The molecule has 8 bridgehead atoms. The summed E-state index contributed by atoms with van der Waals surface area (Å²) in [7, 11) is 0. The molecule has 2 N–H and O–H groups in total. The zero-order valence-corrected chi connectivity index (χ0v) is 38.8. The number of hydrogen-bond donors (Lipinski definition) is 2. The molecule has 0 spiro atoms. The van der Waals surface area contributed by atoms with Crippen LogP contribution in [0.3, 0.4) is 0 Å². The van der Waals surface area contributed by atoms with Crippen molar-refractivity contribution >= 4 is 109 Å². The monoisotopic (exact) mass is 1130 g/mol. The van der Waals surface area contributed by atoms with Crippen LogP contribution in [-0.2, 0) is 21.3 Å². The van der Waals surface area contributed by atoms with Gasteiger partial charge in [-0.15, -0.1) is 0 Å². The number of benzene rings is 4. The van der Waals surface area contributed by atoms with Gasteiger partial charge in [-0.05, 0) is 44.5 Å². The van der Waals surface area contributed by atoms with Crippen molar-refractivity contribution in [3.63, 3.8) is 0 Å². The summed E-state index contributed by atoms with van der Waals surface area (Å²) in [5.74, 6) is -12.9. The van der Waals surface area contributed by atoms with Crippen LogP contribution in [-0.4, -0.2) is 19.9 Å². The summed E-state index contributed by atoms with van der Waals surface area (Å²) >= 11 is 13.4. The Kier molecular flexibility index (Phi) is 12.2. The first kappa shape index (κ1) is 44.1. The highest BCUT2D eigenvalue weighted by molar-refractivity contribution is 9.09. The molecule has 64 heavy (non-hydrogen) atoms. The largest absolute Gasteiger partial charge is 0.349 e. The fourth-order valence-electron chi connectivity index (χ4n) is 7.74. The Labute approximate surface area is 392 Å². The van der Waals surface area contributed by atoms with Crippen molar-refractivity contribution in [1.82, 2.24) is 19.9 Å². The van der Waals surface area contributed by atoms with E-state index in [-0.39, 0.29) is 22.3 Å². The molecule has 0 saturated heterocycles. The zero-order valence-electron chi connectivity index (χ0n) is 32.5. The van der Waals surface area contributed by atoms with Crippen molar-refractivity contribution in [2.75, 3.05) is 0 Å². The lowest BCUT2D eigenvalue weighted by Gasteiger charge is -2.08. The number of fused-ring (bicyclic) bond motifs is 8. The molecule has 0 saturated carbocycles. The maximum absolute atomic E-state index is 16.9. The van der Waals surface area contributed by atoms with E-state index in [0.29, 0.717) is 21.3 Å². The molecule has 0 amide bonds. The van der Waals surface area contributed by atoms with Gasteiger partial charge in [0.2, 0.25) is 0 Å². The standard InChI is InChI=1S/C48H26Br4F8N4/c49-17-21-1-9-25(10-2-21)29-41-33(53)35(55)43(61-41)30(26-11-3-22(18-50)4-12-26)45-37(57)39(59)47(63-45)32(28-15-7-24(20-52)8-16-28)48-40(60)38(58)46(64-48)31(27-13-5-23(19-51)6-14-27)44-36(56)34(54)42(29)62-44/h1-16,61,64H,17-20H2. The van der Waals surface area contributed by atoms with Gasteiger partial charge in [0, 0.05) is 43.6 Å². The van der Waals surface area contributed by atoms with Crippen molar-refractivity contribution < 1.29 is 35.1 Å². The number of aromatic amines is 2. The number of aromatic nitrogens is 4. The Bertz CT molecular complexity index is 2840. The summed E-state index contributed by atoms with van der Waals surface area (Å²) in [6, 6.07) is 24.5. The minimum Gasteiger partial charge on any atom is -0.349 e. The van der Waals surface area contributed by atoms with Crippen molar-refractivity contribution in [3.05, 3.63) is 165 Å². The molecule has 3 aromatic heterocycles. The van der Waals surface area contributed by atoms with Gasteiger partial charge >= 0.3 is 0 Å². The molecule has 0 fully saturated rings. The summed E-state index contributed by atoms with van der Waals surface area (Å²) in [5.41, 5.74) is -5.13. The van der Waals surface area contributed by atoms with Gasteiger partial charge < -0.3 is 9.97 Å². The molecule has 0 radical (unpaired) electrons. The third-order valence-electron chi connectivity index (χ3n) is 11.0. The van der Waals surface area contributed by atoms with Gasteiger partial charge in [-0.2, -0.15) is 0 Å². The lowest BCUT2D eigenvalue weighted by atomic mass is 10.0. The third-order valence-corrected chi connectivity index (χ3v) is 13.6. The molecular formula is C48H26Br4F8N4. The van der Waals surface area contributed by atoms with Crippen LogP contribution in [0.5, 0.6) is 0 Å². The first-order valence-corrected chi connectivity index (χ1v) is 23.7. The minimum absolute atomic E-state index is 0.0300. The quantitative estimate of drug-likeness (QED) is 0.118. The fraction of sp³-hybridized carbons (Fsp3) is 0.0833. The SMILES string of the molecule is FC1=C(F)c2nc1c(-c1ccc(CBr)cc1)c1[nH]c(c(F)c1F)c(-c1ccc(CBr)cc1)c1nc(c(-c3ccc(CBr)cc3)c3[nH]c(c(F)c3F)c2-c2ccc(CBr)cc2)C(F)=C1F. The van der Waals surface area contributed by atoms with Crippen LogP contribution in [0.15, 0.2) is 97.1 Å². The van der Waals surface area contributed by atoms with Crippen LogP contribution in [0.2, 0.25) is 0 Å². The van der Waals surface area contributed by atoms with Gasteiger partial charge in [0.15, 0.2) is 46.6 Å². The first-order valence-electron chi connectivity index (χ1n) is 19.2. The molecule has 0 atom stereocenters. The predicted molar refractivity (Wildman–Crippen MR) is 251 cm³/mol. The first-order chi connectivity index (χ1) is 30.9. The van der Waals surface area contributed by atoms with Crippen molar-refractivity contribution in [2.45, 2.75) is 21.3 Å². The summed E-state index contributed by atoms with van der Waals surface area (Å²) < 4.78 is 135. The average Bonchev–Trinajstić information content (AvgIpc) is 3.98. The van der Waals surface area contributed by atoms with Crippen LogP contribution < -0.4 is 0 Å². The van der Waals surface area contributed by atoms with E-state index in [1.165, 1.54) is 48.5 Å². The van der Waals surface area contributed by atoms with Crippen molar-refractivity contribution in [2.24, 2.45) is 0 Å². The zero-order chi connectivity index (χ0) is 45.1. The van der Waals surface area contributed by atoms with Gasteiger partial charge in [-0.3, -0.25) is 0 Å². The smallest absolute Gasteiger partial charge is 0.187 e.